The highest BCUT2D eigenvalue weighted by molar-refractivity contribution is 5.29. The van der Waals surface area contributed by atoms with Crippen LogP contribution in [0.5, 0.6) is 0 Å². The van der Waals surface area contributed by atoms with Crippen LogP contribution < -0.4 is 0 Å². The van der Waals surface area contributed by atoms with E-state index in [1.54, 1.807) is 0 Å². The predicted molar refractivity (Wildman–Crippen MR) is 66.3 cm³/mol. The molecule has 18 heavy (non-hydrogen) atoms. The van der Waals surface area contributed by atoms with Crippen molar-refractivity contribution in [3.63, 3.8) is 0 Å². The van der Waals surface area contributed by atoms with Crippen LogP contribution in [0.3, 0.4) is 0 Å². The van der Waals surface area contributed by atoms with Gasteiger partial charge < -0.3 is 9.84 Å². The fourth-order valence-electron chi connectivity index (χ4n) is 2.06. The van der Waals surface area contributed by atoms with Gasteiger partial charge in [0.2, 0.25) is 0 Å². The topological polar surface area (TPSA) is 29.5 Å². The normalized spacial score (nSPS) is 15.6. The van der Waals surface area contributed by atoms with Gasteiger partial charge >= 0.3 is 0 Å². The second kappa shape index (κ2) is 5.33. The molecule has 0 saturated carbocycles. The maximum Gasteiger partial charge on any atom is 0.134 e. The zero-order valence-electron chi connectivity index (χ0n) is 11.4. The largest absolute Gasteiger partial charge is 0.385 e. The predicted octanol–water partition coefficient (Wildman–Crippen LogP) is 3.37. The van der Waals surface area contributed by atoms with Crippen molar-refractivity contribution in [2.24, 2.45) is 5.41 Å². The van der Waals surface area contributed by atoms with E-state index in [0.717, 1.165) is 6.07 Å². The Morgan fingerprint density at radius 2 is 1.78 bits per heavy atom. The molecular formula is C14H20F2O2. The number of aryl methyl sites for hydroxylation is 1. The third-order valence-corrected chi connectivity index (χ3v) is 3.01. The minimum absolute atomic E-state index is 0.300. The summed E-state index contributed by atoms with van der Waals surface area (Å²) in [6.45, 7) is 7.06. The first-order valence-corrected chi connectivity index (χ1v) is 5.85. The van der Waals surface area contributed by atoms with Crippen LogP contribution in [0.25, 0.3) is 0 Å². The zero-order valence-corrected chi connectivity index (χ0v) is 11.4. The minimum Gasteiger partial charge on any atom is -0.385 e. The van der Waals surface area contributed by atoms with E-state index in [-0.39, 0.29) is 5.56 Å². The smallest absolute Gasteiger partial charge is 0.134 e. The number of aliphatic hydroxyl groups is 1. The van der Waals surface area contributed by atoms with Crippen LogP contribution in [0.4, 0.5) is 8.78 Å². The van der Waals surface area contributed by atoms with Gasteiger partial charge in [0.1, 0.15) is 17.7 Å². The molecule has 2 atom stereocenters. The van der Waals surface area contributed by atoms with Crippen LogP contribution in [-0.2, 0) is 4.74 Å². The Hall–Kier alpha value is -1.00. The summed E-state index contributed by atoms with van der Waals surface area (Å²) in [5.41, 5.74) is -0.456. The van der Waals surface area contributed by atoms with Gasteiger partial charge in [-0.3, -0.25) is 0 Å². The van der Waals surface area contributed by atoms with Crippen LogP contribution in [0.1, 0.15) is 38.0 Å². The van der Waals surface area contributed by atoms with E-state index >= 15 is 0 Å². The first-order valence-electron chi connectivity index (χ1n) is 5.85. The fraction of sp³-hybridized carbons (Fsp3) is 0.571. The molecule has 1 aromatic rings. The minimum atomic E-state index is -1.34. The average molecular weight is 258 g/mol. The molecular weight excluding hydrogens is 238 g/mol. The average Bonchev–Trinajstić information content (AvgIpc) is 2.23. The quantitative estimate of drug-likeness (QED) is 0.900. The van der Waals surface area contributed by atoms with E-state index in [1.807, 2.05) is 20.8 Å². The number of hydrogen-bond donors (Lipinski definition) is 1. The van der Waals surface area contributed by atoms with Gasteiger partial charge in [-0.15, -0.1) is 0 Å². The molecule has 0 bridgehead atoms. The Balaban J connectivity index is 3.25. The van der Waals surface area contributed by atoms with Gasteiger partial charge in [-0.25, -0.2) is 8.78 Å². The summed E-state index contributed by atoms with van der Waals surface area (Å²) in [7, 11) is 1.42. The molecule has 0 spiro atoms. The Labute approximate surface area is 107 Å². The number of methoxy groups -OCH3 is 1. The standard InChI is InChI=1S/C14H20F2O2/c1-8-6-7-9(15)10(11(8)16)12(17)13(18-5)14(2,3)4/h6-7,12-13,17H,1-5H3. The molecule has 1 aromatic carbocycles. The lowest BCUT2D eigenvalue weighted by atomic mass is 9.83. The molecule has 0 aliphatic rings. The summed E-state index contributed by atoms with van der Waals surface area (Å²) in [6, 6.07) is 2.51. The molecule has 102 valence electrons. The second-order valence-corrected chi connectivity index (χ2v) is 5.56. The summed E-state index contributed by atoms with van der Waals surface area (Å²) in [6.07, 6.45) is -2.03. The lowest BCUT2D eigenvalue weighted by molar-refractivity contribution is -0.0748. The van der Waals surface area contributed by atoms with E-state index in [9.17, 15) is 13.9 Å². The van der Waals surface area contributed by atoms with Gasteiger partial charge in [0.25, 0.3) is 0 Å². The molecule has 2 unspecified atom stereocenters. The summed E-state index contributed by atoms with van der Waals surface area (Å²) >= 11 is 0. The lowest BCUT2D eigenvalue weighted by Crippen LogP contribution is -2.35. The van der Waals surface area contributed by atoms with Crippen molar-refractivity contribution in [1.82, 2.24) is 0 Å². The van der Waals surface area contributed by atoms with Gasteiger partial charge in [0.05, 0.1) is 11.7 Å². The van der Waals surface area contributed by atoms with Crippen molar-refractivity contribution < 1.29 is 18.6 Å². The van der Waals surface area contributed by atoms with E-state index in [1.165, 1.54) is 20.1 Å². The van der Waals surface area contributed by atoms with Crippen LogP contribution in [-0.4, -0.2) is 18.3 Å². The van der Waals surface area contributed by atoms with Crippen molar-refractivity contribution in [2.75, 3.05) is 7.11 Å². The fourth-order valence-corrected chi connectivity index (χ4v) is 2.06. The van der Waals surface area contributed by atoms with Gasteiger partial charge in [-0.2, -0.15) is 0 Å². The summed E-state index contributed by atoms with van der Waals surface area (Å²) in [5.74, 6) is -1.47. The SMILES string of the molecule is COC(C(O)c1c(F)ccc(C)c1F)C(C)(C)C. The molecule has 0 fully saturated rings. The van der Waals surface area contributed by atoms with Crippen molar-refractivity contribution in [3.8, 4) is 0 Å². The maximum absolute atomic E-state index is 13.9. The Kier molecular flexibility index (Phi) is 4.46. The molecule has 0 amide bonds. The number of aliphatic hydroxyl groups excluding tert-OH is 1. The summed E-state index contributed by atoms with van der Waals surface area (Å²) in [5, 5.41) is 10.2. The Morgan fingerprint density at radius 3 is 2.22 bits per heavy atom. The van der Waals surface area contributed by atoms with Crippen LogP contribution in [0.2, 0.25) is 0 Å². The van der Waals surface area contributed by atoms with Crippen molar-refractivity contribution in [3.05, 3.63) is 34.9 Å². The van der Waals surface area contributed by atoms with E-state index in [4.69, 9.17) is 4.74 Å². The monoisotopic (exact) mass is 258 g/mol. The molecule has 2 nitrogen and oxygen atoms in total. The lowest BCUT2D eigenvalue weighted by Gasteiger charge is -2.33. The third-order valence-electron chi connectivity index (χ3n) is 3.01. The summed E-state index contributed by atoms with van der Waals surface area (Å²) < 4.78 is 32.8. The Bertz CT molecular complexity index is 425. The van der Waals surface area contributed by atoms with Gasteiger partial charge in [-0.05, 0) is 24.0 Å². The number of benzene rings is 1. The molecule has 0 saturated heterocycles. The highest BCUT2D eigenvalue weighted by atomic mass is 19.1. The van der Waals surface area contributed by atoms with Crippen LogP contribution in [0.15, 0.2) is 12.1 Å². The molecule has 1 rings (SSSR count). The van der Waals surface area contributed by atoms with Crippen LogP contribution in [0, 0.1) is 24.0 Å². The third kappa shape index (κ3) is 2.87. The number of halogens is 2. The second-order valence-electron chi connectivity index (χ2n) is 5.56. The highest BCUT2D eigenvalue weighted by Crippen LogP contribution is 2.35. The summed E-state index contributed by atoms with van der Waals surface area (Å²) in [4.78, 5) is 0. The van der Waals surface area contributed by atoms with Crippen molar-refractivity contribution in [1.29, 1.82) is 0 Å². The molecule has 0 heterocycles. The van der Waals surface area contributed by atoms with Gasteiger partial charge in [0, 0.05) is 7.11 Å². The maximum atomic E-state index is 13.9. The Morgan fingerprint density at radius 1 is 1.22 bits per heavy atom. The molecule has 0 aliphatic heterocycles. The molecule has 4 heteroatoms. The van der Waals surface area contributed by atoms with Crippen molar-refractivity contribution >= 4 is 0 Å². The molecule has 0 aliphatic carbocycles. The number of hydrogen-bond acceptors (Lipinski definition) is 2. The molecule has 0 aromatic heterocycles. The zero-order chi connectivity index (χ0) is 14.1. The van der Waals surface area contributed by atoms with E-state index in [0.29, 0.717) is 5.56 Å². The van der Waals surface area contributed by atoms with Crippen LogP contribution >= 0.6 is 0 Å². The van der Waals surface area contributed by atoms with Gasteiger partial charge in [0.15, 0.2) is 0 Å². The molecule has 0 radical (unpaired) electrons. The molecule has 1 N–H and O–H groups in total. The number of ether oxygens (including phenoxy) is 1. The van der Waals surface area contributed by atoms with E-state index < -0.39 is 29.3 Å². The first-order chi connectivity index (χ1) is 8.20. The number of rotatable bonds is 3. The highest BCUT2D eigenvalue weighted by Gasteiger charge is 2.35. The first kappa shape index (κ1) is 15.1. The van der Waals surface area contributed by atoms with E-state index in [2.05, 4.69) is 0 Å². The van der Waals surface area contributed by atoms with Crippen molar-refractivity contribution in [2.45, 2.75) is 39.9 Å². The van der Waals surface area contributed by atoms with Gasteiger partial charge in [-0.1, -0.05) is 26.8 Å².